The highest BCUT2D eigenvalue weighted by molar-refractivity contribution is 5.83. The van der Waals surface area contributed by atoms with Crippen molar-refractivity contribution in [2.24, 2.45) is 5.92 Å². The summed E-state index contributed by atoms with van der Waals surface area (Å²) in [6, 6.07) is 2.83. The number of aliphatic carboxylic acids is 1. The van der Waals surface area contributed by atoms with Crippen molar-refractivity contribution >= 4 is 11.9 Å². The van der Waals surface area contributed by atoms with Crippen LogP contribution >= 0.6 is 0 Å². The number of nitrogens with zero attached hydrogens (tertiary/aromatic N) is 1. The summed E-state index contributed by atoms with van der Waals surface area (Å²) in [4.78, 5) is 25.0. The average molecular weight is 343 g/mol. The highest BCUT2D eigenvalue weighted by Gasteiger charge is 2.35. The number of carbonyl (C=O) groups excluding carboxylic acids is 1. The van der Waals surface area contributed by atoms with Gasteiger partial charge >= 0.3 is 5.97 Å². The summed E-state index contributed by atoms with van der Waals surface area (Å²) in [5, 5.41) is 9.00. The van der Waals surface area contributed by atoms with Crippen LogP contribution in [-0.4, -0.2) is 53.8 Å². The summed E-state index contributed by atoms with van der Waals surface area (Å²) in [7, 11) is 0. The lowest BCUT2D eigenvalue weighted by molar-refractivity contribution is -0.162. The zero-order valence-electron chi connectivity index (χ0n) is 13.4. The van der Waals surface area contributed by atoms with Crippen molar-refractivity contribution < 1.29 is 33.0 Å². The van der Waals surface area contributed by atoms with E-state index in [1.54, 1.807) is 13.8 Å². The topological polar surface area (TPSA) is 76.1 Å². The smallest absolute Gasteiger partial charge is 0.334 e. The summed E-state index contributed by atoms with van der Waals surface area (Å²) in [6.07, 6.45) is -2.12. The first-order valence-corrected chi connectivity index (χ1v) is 7.54. The Balaban J connectivity index is 2.14. The van der Waals surface area contributed by atoms with E-state index < -0.39 is 35.7 Å². The molecule has 1 aromatic carbocycles. The Kier molecular flexibility index (Phi) is 5.71. The normalized spacial score (nSPS) is 19.2. The summed E-state index contributed by atoms with van der Waals surface area (Å²) < 4.78 is 37.3. The Hall–Kier alpha value is -2.22. The van der Waals surface area contributed by atoms with Crippen molar-refractivity contribution in [3.8, 4) is 5.75 Å². The molecule has 0 spiro atoms. The molecule has 2 rings (SSSR count). The summed E-state index contributed by atoms with van der Waals surface area (Å²) >= 11 is 0. The predicted octanol–water partition coefficient (Wildman–Crippen LogP) is 1.68. The average Bonchev–Trinajstić information content (AvgIpc) is 2.53. The molecule has 0 aromatic heterocycles. The van der Waals surface area contributed by atoms with Crippen LogP contribution in [0.5, 0.6) is 5.75 Å². The van der Waals surface area contributed by atoms with Gasteiger partial charge in [-0.2, -0.15) is 0 Å². The first kappa shape index (κ1) is 18.1. The fourth-order valence-electron chi connectivity index (χ4n) is 2.36. The number of hydrogen-bond donors (Lipinski definition) is 1. The number of amides is 1. The standard InChI is InChI=1S/C16H19F2NO5/c1-9(2)14(24-12-4-3-10(17)7-11(12)18)15(20)19-5-6-23-13(8-19)16(21)22/h3-4,7,9,13-14H,5-6,8H2,1-2H3,(H,21,22)/t13-,14+/m0/s1. The lowest BCUT2D eigenvalue weighted by Crippen LogP contribution is -2.53. The summed E-state index contributed by atoms with van der Waals surface area (Å²) in [6.45, 7) is 3.66. The minimum atomic E-state index is -1.15. The minimum absolute atomic E-state index is 0.0957. The van der Waals surface area contributed by atoms with Gasteiger partial charge in [0.1, 0.15) is 5.82 Å². The molecule has 2 atom stereocenters. The minimum Gasteiger partial charge on any atom is -0.479 e. The van der Waals surface area contributed by atoms with Gasteiger partial charge in [0.2, 0.25) is 0 Å². The van der Waals surface area contributed by atoms with Crippen LogP contribution in [0.25, 0.3) is 0 Å². The number of ether oxygens (including phenoxy) is 2. The van der Waals surface area contributed by atoms with Gasteiger partial charge in [0, 0.05) is 12.6 Å². The first-order valence-electron chi connectivity index (χ1n) is 7.54. The fourth-order valence-corrected chi connectivity index (χ4v) is 2.36. The lowest BCUT2D eigenvalue weighted by Gasteiger charge is -2.34. The zero-order chi connectivity index (χ0) is 17.9. The van der Waals surface area contributed by atoms with E-state index in [1.165, 1.54) is 4.90 Å². The quantitative estimate of drug-likeness (QED) is 0.880. The molecule has 1 amide bonds. The highest BCUT2D eigenvalue weighted by atomic mass is 19.1. The van der Waals surface area contributed by atoms with Crippen molar-refractivity contribution in [1.29, 1.82) is 0 Å². The molecule has 1 aliphatic rings. The predicted molar refractivity (Wildman–Crippen MR) is 79.6 cm³/mol. The number of carbonyl (C=O) groups is 2. The Labute approximate surface area is 138 Å². The van der Waals surface area contributed by atoms with Crippen LogP contribution in [0.2, 0.25) is 0 Å². The van der Waals surface area contributed by atoms with E-state index in [-0.39, 0.29) is 31.4 Å². The van der Waals surface area contributed by atoms with Crippen LogP contribution in [0, 0.1) is 17.6 Å². The largest absolute Gasteiger partial charge is 0.479 e. The Morgan fingerprint density at radius 3 is 2.67 bits per heavy atom. The van der Waals surface area contributed by atoms with Gasteiger partial charge in [-0.1, -0.05) is 13.8 Å². The molecule has 1 aromatic rings. The maximum Gasteiger partial charge on any atom is 0.334 e. The van der Waals surface area contributed by atoms with Gasteiger partial charge in [0.15, 0.2) is 23.8 Å². The molecule has 1 saturated heterocycles. The van der Waals surface area contributed by atoms with Crippen molar-refractivity contribution in [2.75, 3.05) is 19.7 Å². The van der Waals surface area contributed by atoms with E-state index in [4.69, 9.17) is 14.6 Å². The molecule has 0 radical (unpaired) electrons. The number of halogens is 2. The van der Waals surface area contributed by atoms with Crippen LogP contribution < -0.4 is 4.74 Å². The third-order valence-corrected chi connectivity index (χ3v) is 3.65. The highest BCUT2D eigenvalue weighted by Crippen LogP contribution is 2.23. The second-order valence-corrected chi connectivity index (χ2v) is 5.84. The molecule has 1 aliphatic heterocycles. The van der Waals surface area contributed by atoms with Gasteiger partial charge in [-0.3, -0.25) is 4.79 Å². The summed E-state index contributed by atoms with van der Waals surface area (Å²) in [5.41, 5.74) is 0. The number of rotatable bonds is 5. The maximum absolute atomic E-state index is 13.8. The number of carboxylic acids is 1. The molecule has 1 N–H and O–H groups in total. The molecule has 6 nitrogen and oxygen atoms in total. The van der Waals surface area contributed by atoms with Gasteiger partial charge in [-0.05, 0) is 18.1 Å². The third kappa shape index (κ3) is 4.19. The molecule has 24 heavy (non-hydrogen) atoms. The second-order valence-electron chi connectivity index (χ2n) is 5.84. The lowest BCUT2D eigenvalue weighted by atomic mass is 10.1. The van der Waals surface area contributed by atoms with Crippen LogP contribution in [-0.2, 0) is 14.3 Å². The van der Waals surface area contributed by atoms with Gasteiger partial charge in [-0.25, -0.2) is 13.6 Å². The van der Waals surface area contributed by atoms with Gasteiger partial charge in [0.05, 0.1) is 13.2 Å². The van der Waals surface area contributed by atoms with E-state index >= 15 is 0 Å². The molecule has 0 saturated carbocycles. The van der Waals surface area contributed by atoms with Crippen LogP contribution in [0.1, 0.15) is 13.8 Å². The van der Waals surface area contributed by atoms with E-state index in [0.29, 0.717) is 6.07 Å². The van der Waals surface area contributed by atoms with Crippen molar-refractivity contribution in [2.45, 2.75) is 26.1 Å². The monoisotopic (exact) mass is 343 g/mol. The van der Waals surface area contributed by atoms with Crippen molar-refractivity contribution in [3.05, 3.63) is 29.8 Å². The maximum atomic E-state index is 13.8. The molecular weight excluding hydrogens is 324 g/mol. The molecule has 132 valence electrons. The van der Waals surface area contributed by atoms with Crippen LogP contribution in [0.15, 0.2) is 18.2 Å². The van der Waals surface area contributed by atoms with Gasteiger partial charge < -0.3 is 19.5 Å². The van der Waals surface area contributed by atoms with Crippen molar-refractivity contribution in [1.82, 2.24) is 4.90 Å². The molecule has 0 bridgehead atoms. The number of carboxylic acid groups (broad SMARTS) is 1. The SMILES string of the molecule is CC(C)[C@@H](Oc1ccc(F)cc1F)C(=O)N1CCO[C@H](C(=O)O)C1. The van der Waals surface area contributed by atoms with Crippen LogP contribution in [0.3, 0.4) is 0 Å². The van der Waals surface area contributed by atoms with E-state index in [1.807, 2.05) is 0 Å². The van der Waals surface area contributed by atoms with E-state index in [2.05, 4.69) is 0 Å². The van der Waals surface area contributed by atoms with E-state index in [0.717, 1.165) is 12.1 Å². The number of benzene rings is 1. The molecule has 8 heteroatoms. The first-order chi connectivity index (χ1) is 11.3. The number of morpholine rings is 1. The van der Waals surface area contributed by atoms with E-state index in [9.17, 15) is 18.4 Å². The van der Waals surface area contributed by atoms with Crippen molar-refractivity contribution in [3.63, 3.8) is 0 Å². The van der Waals surface area contributed by atoms with Gasteiger partial charge in [-0.15, -0.1) is 0 Å². The third-order valence-electron chi connectivity index (χ3n) is 3.65. The zero-order valence-corrected chi connectivity index (χ0v) is 13.4. The Morgan fingerprint density at radius 1 is 1.38 bits per heavy atom. The number of hydrogen-bond acceptors (Lipinski definition) is 4. The molecule has 0 unspecified atom stereocenters. The molecule has 1 heterocycles. The van der Waals surface area contributed by atoms with Crippen LogP contribution in [0.4, 0.5) is 8.78 Å². The molecular formula is C16H19F2NO5. The Morgan fingerprint density at radius 2 is 2.08 bits per heavy atom. The van der Waals surface area contributed by atoms with Gasteiger partial charge in [0.25, 0.3) is 5.91 Å². The molecule has 0 aliphatic carbocycles. The molecule has 1 fully saturated rings. The summed E-state index contributed by atoms with van der Waals surface area (Å²) in [5.74, 6) is -3.79. The second kappa shape index (κ2) is 7.57. The Bertz CT molecular complexity index is 622. The fraction of sp³-hybridized carbons (Fsp3) is 0.500.